The molecule has 0 saturated carbocycles. The lowest BCUT2D eigenvalue weighted by molar-refractivity contribution is 0.0964. The summed E-state index contributed by atoms with van der Waals surface area (Å²) in [4.78, 5) is 24.9. The molecular weight excluding hydrogens is 401 g/mol. The van der Waals surface area contributed by atoms with Crippen LogP contribution in [0.15, 0.2) is 56.3 Å². The number of carbonyl (C=O) groups excluding carboxylic acids is 1. The number of nitrogens with zero attached hydrogens (tertiary/aromatic N) is 3. The van der Waals surface area contributed by atoms with Gasteiger partial charge in [0.25, 0.3) is 5.89 Å². The Morgan fingerprint density at radius 2 is 2.03 bits per heavy atom. The molecule has 0 unspecified atom stereocenters. The second kappa shape index (κ2) is 7.21. The molecule has 0 amide bonds. The minimum atomic E-state index is -0.760. The van der Waals surface area contributed by atoms with Crippen molar-refractivity contribution in [3.8, 4) is 17.3 Å². The van der Waals surface area contributed by atoms with Gasteiger partial charge in [0.15, 0.2) is 11.5 Å². The third-order valence-electron chi connectivity index (χ3n) is 4.52. The van der Waals surface area contributed by atoms with E-state index in [1.54, 1.807) is 35.8 Å². The molecule has 0 spiro atoms. The first-order valence-corrected chi connectivity index (χ1v) is 9.02. The number of furan rings is 1. The van der Waals surface area contributed by atoms with Crippen LogP contribution in [0, 0.1) is 19.7 Å². The highest BCUT2D eigenvalue weighted by atomic mass is 35.5. The first kappa shape index (κ1) is 18.9. The van der Waals surface area contributed by atoms with Crippen LogP contribution < -0.4 is 5.76 Å². The summed E-state index contributed by atoms with van der Waals surface area (Å²) in [6, 6.07) is 9.27. The zero-order valence-electron chi connectivity index (χ0n) is 15.5. The Labute approximate surface area is 168 Å². The van der Waals surface area contributed by atoms with Gasteiger partial charge < -0.3 is 13.4 Å². The number of Topliss-reactive ketones (excluding diaryl/α,β-unsaturated/α-hetero) is 1. The van der Waals surface area contributed by atoms with E-state index >= 15 is 0 Å². The monoisotopic (exact) mass is 415 g/mol. The Morgan fingerprint density at radius 1 is 1.24 bits per heavy atom. The topological polar surface area (TPSA) is 83.2 Å². The molecule has 0 aliphatic rings. The average Bonchev–Trinajstić information content (AvgIpc) is 3.38. The van der Waals surface area contributed by atoms with E-state index in [0.29, 0.717) is 22.7 Å². The highest BCUT2D eigenvalue weighted by molar-refractivity contribution is 6.30. The minimum Gasteiger partial charge on any atom is -0.459 e. The normalized spacial score (nSPS) is 11.2. The van der Waals surface area contributed by atoms with Crippen LogP contribution in [0.1, 0.15) is 21.7 Å². The maximum absolute atomic E-state index is 13.5. The molecule has 0 fully saturated rings. The number of benzene rings is 1. The van der Waals surface area contributed by atoms with Crippen LogP contribution in [0.4, 0.5) is 4.39 Å². The van der Waals surface area contributed by atoms with Gasteiger partial charge in [0.1, 0.15) is 12.4 Å². The number of ketones is 1. The maximum atomic E-state index is 13.5. The molecule has 4 rings (SSSR count). The Bertz CT molecular complexity index is 1270. The molecule has 4 aromatic rings. The van der Waals surface area contributed by atoms with Crippen molar-refractivity contribution in [1.82, 2.24) is 14.3 Å². The Kier molecular flexibility index (Phi) is 4.71. The smallest absolute Gasteiger partial charge is 0.437 e. The molecular formula is C20H15ClFN3O4. The zero-order chi connectivity index (χ0) is 20.7. The van der Waals surface area contributed by atoms with Crippen molar-refractivity contribution in [2.24, 2.45) is 0 Å². The van der Waals surface area contributed by atoms with Crippen LogP contribution in [-0.4, -0.2) is 20.1 Å². The van der Waals surface area contributed by atoms with Gasteiger partial charge in [-0.1, -0.05) is 11.6 Å². The van der Waals surface area contributed by atoms with Gasteiger partial charge in [0.05, 0.1) is 11.3 Å². The van der Waals surface area contributed by atoms with Crippen molar-refractivity contribution in [1.29, 1.82) is 0 Å². The van der Waals surface area contributed by atoms with E-state index < -0.39 is 11.6 Å². The van der Waals surface area contributed by atoms with Gasteiger partial charge in [-0.05, 0) is 50.2 Å². The summed E-state index contributed by atoms with van der Waals surface area (Å²) >= 11 is 5.89. The molecule has 3 aromatic heterocycles. The summed E-state index contributed by atoms with van der Waals surface area (Å²) in [5.41, 5.74) is 2.44. The fourth-order valence-electron chi connectivity index (χ4n) is 3.19. The zero-order valence-corrected chi connectivity index (χ0v) is 16.2. The van der Waals surface area contributed by atoms with E-state index in [0.717, 1.165) is 10.4 Å². The molecule has 29 heavy (non-hydrogen) atoms. The predicted molar refractivity (Wildman–Crippen MR) is 103 cm³/mol. The van der Waals surface area contributed by atoms with Crippen LogP contribution in [0.5, 0.6) is 0 Å². The largest absolute Gasteiger partial charge is 0.459 e. The summed E-state index contributed by atoms with van der Waals surface area (Å²) in [5.74, 6) is -1.31. The van der Waals surface area contributed by atoms with Gasteiger partial charge in [-0.2, -0.15) is 4.68 Å². The van der Waals surface area contributed by atoms with Crippen LogP contribution in [0.2, 0.25) is 5.02 Å². The van der Waals surface area contributed by atoms with Gasteiger partial charge in [-0.25, -0.2) is 9.18 Å². The predicted octanol–water partition coefficient (Wildman–Crippen LogP) is 4.18. The fourth-order valence-corrected chi connectivity index (χ4v) is 3.37. The first-order chi connectivity index (χ1) is 13.8. The molecule has 0 bridgehead atoms. The van der Waals surface area contributed by atoms with Crippen molar-refractivity contribution < 1.29 is 18.0 Å². The SMILES string of the molecule is Cc1cc(C(=O)Cn2nc(-c3ccco3)oc2=O)c(C)n1-c1ccc(F)c(Cl)c1. The lowest BCUT2D eigenvalue weighted by atomic mass is 10.1. The minimum absolute atomic E-state index is 0.000716. The summed E-state index contributed by atoms with van der Waals surface area (Å²) < 4.78 is 26.4. The van der Waals surface area contributed by atoms with Gasteiger partial charge in [0, 0.05) is 22.6 Å². The van der Waals surface area contributed by atoms with E-state index in [4.69, 9.17) is 20.4 Å². The highest BCUT2D eigenvalue weighted by Gasteiger charge is 2.20. The third kappa shape index (κ3) is 3.42. The highest BCUT2D eigenvalue weighted by Crippen LogP contribution is 2.25. The van der Waals surface area contributed by atoms with E-state index in [1.807, 2.05) is 6.92 Å². The van der Waals surface area contributed by atoms with Crippen LogP contribution >= 0.6 is 11.6 Å². The van der Waals surface area contributed by atoms with Crippen molar-refractivity contribution >= 4 is 17.4 Å². The summed E-state index contributed by atoms with van der Waals surface area (Å²) in [7, 11) is 0. The van der Waals surface area contributed by atoms with Crippen LogP contribution in [0.25, 0.3) is 17.3 Å². The number of aryl methyl sites for hydroxylation is 1. The van der Waals surface area contributed by atoms with Crippen molar-refractivity contribution in [2.75, 3.05) is 0 Å². The number of hydrogen-bond donors (Lipinski definition) is 0. The van der Waals surface area contributed by atoms with Crippen molar-refractivity contribution in [3.63, 3.8) is 0 Å². The Hall–Kier alpha value is -3.39. The molecule has 148 valence electrons. The second-order valence-corrected chi connectivity index (χ2v) is 6.86. The van der Waals surface area contributed by atoms with E-state index in [9.17, 15) is 14.0 Å². The molecule has 1 aromatic carbocycles. The number of carbonyl (C=O) groups is 1. The second-order valence-electron chi connectivity index (χ2n) is 6.45. The number of aromatic nitrogens is 3. The van der Waals surface area contributed by atoms with E-state index in [2.05, 4.69) is 5.10 Å². The first-order valence-electron chi connectivity index (χ1n) is 8.64. The van der Waals surface area contributed by atoms with Gasteiger partial charge in [0.2, 0.25) is 0 Å². The Balaban J connectivity index is 1.65. The molecule has 0 atom stereocenters. The molecule has 0 N–H and O–H groups in total. The van der Waals surface area contributed by atoms with Gasteiger partial charge in [-0.3, -0.25) is 4.79 Å². The molecule has 7 nitrogen and oxygen atoms in total. The van der Waals surface area contributed by atoms with E-state index in [1.165, 1.54) is 18.4 Å². The van der Waals surface area contributed by atoms with E-state index in [-0.39, 0.29) is 23.2 Å². The third-order valence-corrected chi connectivity index (χ3v) is 4.81. The van der Waals surface area contributed by atoms with Crippen LogP contribution in [0.3, 0.4) is 0 Å². The molecule has 0 saturated heterocycles. The molecule has 3 heterocycles. The van der Waals surface area contributed by atoms with Crippen molar-refractivity contribution in [3.05, 3.63) is 81.0 Å². The Morgan fingerprint density at radius 3 is 2.72 bits per heavy atom. The average molecular weight is 416 g/mol. The van der Waals surface area contributed by atoms with Crippen molar-refractivity contribution in [2.45, 2.75) is 20.4 Å². The van der Waals surface area contributed by atoms with Crippen LogP contribution in [-0.2, 0) is 6.54 Å². The summed E-state index contributed by atoms with van der Waals surface area (Å²) in [6.07, 6.45) is 1.43. The van der Waals surface area contributed by atoms with Gasteiger partial charge >= 0.3 is 5.76 Å². The lowest BCUT2D eigenvalue weighted by Gasteiger charge is -2.10. The number of hydrogen-bond acceptors (Lipinski definition) is 5. The lowest BCUT2D eigenvalue weighted by Crippen LogP contribution is -2.21. The molecule has 9 heteroatoms. The molecule has 0 aliphatic carbocycles. The molecule has 0 radical (unpaired) electrons. The number of rotatable bonds is 5. The standard InChI is InChI=1S/C20H15ClFN3O4/c1-11-8-14(12(2)25(11)13-5-6-16(22)15(21)9-13)17(26)10-24-20(27)29-19(23-24)18-4-3-7-28-18/h3-9H,10H2,1-2H3. The van der Waals surface area contributed by atoms with Gasteiger partial charge in [-0.15, -0.1) is 5.10 Å². The number of halogens is 2. The quantitative estimate of drug-likeness (QED) is 0.456. The summed E-state index contributed by atoms with van der Waals surface area (Å²) in [6.45, 7) is 3.28. The fraction of sp³-hybridized carbons (Fsp3) is 0.150. The summed E-state index contributed by atoms with van der Waals surface area (Å²) in [5, 5.41) is 4.00. The maximum Gasteiger partial charge on any atom is 0.437 e. The molecule has 0 aliphatic heterocycles.